The van der Waals surface area contributed by atoms with Gasteiger partial charge < -0.3 is 0 Å². The second-order valence-electron chi connectivity index (χ2n) is 3.90. The Morgan fingerprint density at radius 1 is 1.00 bits per heavy atom. The first-order chi connectivity index (χ1) is 8.83. The molecule has 0 heterocycles. The molecule has 2 aromatic rings. The molecule has 2 aromatic carbocycles. The van der Waals surface area contributed by atoms with Gasteiger partial charge in [-0.3, -0.25) is 10.2 Å². The van der Waals surface area contributed by atoms with Gasteiger partial charge in [0.15, 0.2) is 0 Å². The number of hydrogen-bond donors (Lipinski definition) is 2. The molecule has 0 atom stereocenters. The average molecular weight is 240 g/mol. The smallest absolute Gasteiger partial charge is 0.266 e. The fourth-order valence-corrected chi connectivity index (χ4v) is 1.79. The van der Waals surface area contributed by atoms with Gasteiger partial charge >= 0.3 is 0 Å². The first-order valence-corrected chi connectivity index (χ1v) is 6.00. The minimum atomic E-state index is -0.115. The van der Waals surface area contributed by atoms with E-state index in [1.807, 2.05) is 61.5 Å². The summed E-state index contributed by atoms with van der Waals surface area (Å²) < 4.78 is 0. The number of rotatable bonds is 4. The molecule has 18 heavy (non-hydrogen) atoms. The number of hydrazine groups is 1. The third-order valence-electron chi connectivity index (χ3n) is 2.64. The van der Waals surface area contributed by atoms with Crippen LogP contribution < -0.4 is 10.9 Å². The van der Waals surface area contributed by atoms with Crippen molar-refractivity contribution in [1.82, 2.24) is 10.9 Å². The van der Waals surface area contributed by atoms with Gasteiger partial charge in [-0.15, -0.1) is 0 Å². The van der Waals surface area contributed by atoms with Gasteiger partial charge in [0.25, 0.3) is 5.91 Å². The molecule has 3 heteroatoms. The molecule has 2 rings (SSSR count). The van der Waals surface area contributed by atoms with E-state index in [1.54, 1.807) is 0 Å². The molecule has 0 saturated carbocycles. The van der Waals surface area contributed by atoms with E-state index in [2.05, 4.69) is 10.9 Å². The summed E-state index contributed by atoms with van der Waals surface area (Å²) in [5.41, 5.74) is 8.15. The normalized spacial score (nSPS) is 10.1. The Bertz CT molecular complexity index is 523. The van der Waals surface area contributed by atoms with Crippen LogP contribution in [0.2, 0.25) is 0 Å². The van der Waals surface area contributed by atoms with Gasteiger partial charge in [-0.25, -0.2) is 5.43 Å². The van der Waals surface area contributed by atoms with Gasteiger partial charge in [-0.1, -0.05) is 55.5 Å². The lowest BCUT2D eigenvalue weighted by molar-refractivity contribution is 0.0935. The van der Waals surface area contributed by atoms with Crippen LogP contribution in [0.4, 0.5) is 0 Å². The summed E-state index contributed by atoms with van der Waals surface area (Å²) in [6, 6.07) is 17.5. The zero-order chi connectivity index (χ0) is 12.8. The highest BCUT2D eigenvalue weighted by Crippen LogP contribution is 2.22. The Morgan fingerprint density at radius 2 is 1.67 bits per heavy atom. The van der Waals surface area contributed by atoms with Crippen molar-refractivity contribution < 1.29 is 4.79 Å². The summed E-state index contributed by atoms with van der Waals surface area (Å²) in [6.07, 6.45) is 0. The average Bonchev–Trinajstić information content (AvgIpc) is 2.45. The summed E-state index contributed by atoms with van der Waals surface area (Å²) in [5, 5.41) is 0. The predicted octanol–water partition coefficient (Wildman–Crippen LogP) is 2.61. The second kappa shape index (κ2) is 5.98. The van der Waals surface area contributed by atoms with Crippen molar-refractivity contribution >= 4 is 5.91 Å². The van der Waals surface area contributed by atoms with E-state index in [-0.39, 0.29) is 5.91 Å². The SMILES string of the molecule is CCNNC(=O)c1ccccc1-c1ccccc1. The van der Waals surface area contributed by atoms with Crippen LogP contribution >= 0.6 is 0 Å². The Balaban J connectivity index is 2.34. The zero-order valence-corrected chi connectivity index (χ0v) is 10.3. The summed E-state index contributed by atoms with van der Waals surface area (Å²) in [6.45, 7) is 2.63. The second-order valence-corrected chi connectivity index (χ2v) is 3.90. The number of benzene rings is 2. The summed E-state index contributed by atoms with van der Waals surface area (Å²) in [4.78, 5) is 12.0. The fourth-order valence-electron chi connectivity index (χ4n) is 1.79. The lowest BCUT2D eigenvalue weighted by Gasteiger charge is -2.10. The molecule has 0 spiro atoms. The van der Waals surface area contributed by atoms with E-state index in [9.17, 15) is 4.79 Å². The molecular weight excluding hydrogens is 224 g/mol. The van der Waals surface area contributed by atoms with Crippen molar-refractivity contribution in [3.8, 4) is 11.1 Å². The Labute approximate surface area is 107 Å². The topological polar surface area (TPSA) is 41.1 Å². The third-order valence-corrected chi connectivity index (χ3v) is 2.64. The van der Waals surface area contributed by atoms with Crippen LogP contribution in [0.1, 0.15) is 17.3 Å². The van der Waals surface area contributed by atoms with E-state index in [1.165, 1.54) is 0 Å². The van der Waals surface area contributed by atoms with Crippen molar-refractivity contribution in [3.63, 3.8) is 0 Å². The number of hydrogen-bond acceptors (Lipinski definition) is 2. The highest BCUT2D eigenvalue weighted by Gasteiger charge is 2.10. The minimum absolute atomic E-state index is 0.115. The van der Waals surface area contributed by atoms with Crippen LogP contribution in [0.15, 0.2) is 54.6 Å². The molecule has 0 unspecified atom stereocenters. The molecule has 0 aromatic heterocycles. The molecule has 92 valence electrons. The molecule has 0 aliphatic carbocycles. The maximum Gasteiger partial charge on any atom is 0.266 e. The molecule has 0 radical (unpaired) electrons. The van der Waals surface area contributed by atoms with E-state index in [0.717, 1.165) is 11.1 Å². The number of nitrogens with one attached hydrogen (secondary N) is 2. The molecular formula is C15H16N2O. The fraction of sp³-hybridized carbons (Fsp3) is 0.133. The lowest BCUT2D eigenvalue weighted by Crippen LogP contribution is -2.37. The van der Waals surface area contributed by atoms with E-state index in [4.69, 9.17) is 0 Å². The van der Waals surface area contributed by atoms with Crippen LogP contribution in [0, 0.1) is 0 Å². The first kappa shape index (κ1) is 12.3. The van der Waals surface area contributed by atoms with E-state index in [0.29, 0.717) is 12.1 Å². The van der Waals surface area contributed by atoms with Crippen molar-refractivity contribution in [2.75, 3.05) is 6.54 Å². The largest absolute Gasteiger partial charge is 0.287 e. The van der Waals surface area contributed by atoms with Crippen LogP contribution in [-0.2, 0) is 0 Å². The number of carbonyl (C=O) groups is 1. The maximum atomic E-state index is 12.0. The van der Waals surface area contributed by atoms with Gasteiger partial charge in [-0.2, -0.15) is 0 Å². The van der Waals surface area contributed by atoms with Crippen LogP contribution in [0.5, 0.6) is 0 Å². The van der Waals surface area contributed by atoms with Gasteiger partial charge in [0, 0.05) is 12.1 Å². The minimum Gasteiger partial charge on any atom is -0.287 e. The van der Waals surface area contributed by atoms with Crippen molar-refractivity contribution in [3.05, 3.63) is 60.2 Å². The summed E-state index contributed by atoms with van der Waals surface area (Å²) >= 11 is 0. The zero-order valence-electron chi connectivity index (χ0n) is 10.3. The quantitative estimate of drug-likeness (QED) is 0.806. The Morgan fingerprint density at radius 3 is 2.39 bits per heavy atom. The third kappa shape index (κ3) is 2.76. The Hall–Kier alpha value is -2.13. The molecule has 0 aliphatic rings. The van der Waals surface area contributed by atoms with Gasteiger partial charge in [0.05, 0.1) is 0 Å². The number of carbonyl (C=O) groups excluding carboxylic acids is 1. The lowest BCUT2D eigenvalue weighted by atomic mass is 9.99. The molecule has 0 saturated heterocycles. The monoisotopic (exact) mass is 240 g/mol. The van der Waals surface area contributed by atoms with Crippen LogP contribution in [0.25, 0.3) is 11.1 Å². The first-order valence-electron chi connectivity index (χ1n) is 6.00. The summed E-state index contributed by atoms with van der Waals surface area (Å²) in [5.74, 6) is -0.115. The van der Waals surface area contributed by atoms with Gasteiger partial charge in [0.1, 0.15) is 0 Å². The molecule has 0 aliphatic heterocycles. The highest BCUT2D eigenvalue weighted by molar-refractivity contribution is 6.00. The van der Waals surface area contributed by atoms with Crippen LogP contribution in [0.3, 0.4) is 0 Å². The van der Waals surface area contributed by atoms with Gasteiger partial charge in [-0.05, 0) is 17.2 Å². The van der Waals surface area contributed by atoms with E-state index >= 15 is 0 Å². The summed E-state index contributed by atoms with van der Waals surface area (Å²) in [7, 11) is 0. The van der Waals surface area contributed by atoms with Crippen molar-refractivity contribution in [1.29, 1.82) is 0 Å². The number of amides is 1. The van der Waals surface area contributed by atoms with Crippen molar-refractivity contribution in [2.45, 2.75) is 6.92 Å². The maximum absolute atomic E-state index is 12.0. The highest BCUT2D eigenvalue weighted by atomic mass is 16.2. The molecule has 2 N–H and O–H groups in total. The molecule has 0 bridgehead atoms. The molecule has 0 fully saturated rings. The van der Waals surface area contributed by atoms with Crippen LogP contribution in [-0.4, -0.2) is 12.5 Å². The molecule has 1 amide bonds. The van der Waals surface area contributed by atoms with Gasteiger partial charge in [0.2, 0.25) is 0 Å². The predicted molar refractivity (Wildman–Crippen MR) is 73.0 cm³/mol. The van der Waals surface area contributed by atoms with E-state index < -0.39 is 0 Å². The Kier molecular flexibility index (Phi) is 4.10. The van der Waals surface area contributed by atoms with Crippen molar-refractivity contribution in [2.24, 2.45) is 0 Å². The molecule has 3 nitrogen and oxygen atoms in total. The standard InChI is InChI=1S/C15H16N2O/c1-2-16-17-15(18)14-11-7-6-10-13(14)12-8-4-3-5-9-12/h3-11,16H,2H2,1H3,(H,17,18).